The molecule has 45 heavy (non-hydrogen) atoms. The van der Waals surface area contributed by atoms with Gasteiger partial charge < -0.3 is 4.90 Å². The molecular formula is C43H32BN. The Morgan fingerprint density at radius 1 is 0.711 bits per heavy atom. The number of anilines is 3. The summed E-state index contributed by atoms with van der Waals surface area (Å²) in [6, 6.07) is 32.8. The molecule has 2 aliphatic heterocycles. The lowest BCUT2D eigenvalue weighted by atomic mass is 9.37. The van der Waals surface area contributed by atoms with Crippen molar-refractivity contribution in [2.75, 3.05) is 4.90 Å². The molecule has 1 unspecified atom stereocenters. The van der Waals surface area contributed by atoms with Gasteiger partial charge in [0.1, 0.15) is 0 Å². The van der Waals surface area contributed by atoms with E-state index in [-0.39, 0.29) is 6.71 Å². The number of hydrogen-bond donors (Lipinski definition) is 0. The van der Waals surface area contributed by atoms with Crippen LogP contribution in [-0.2, 0) is 6.42 Å². The lowest BCUT2D eigenvalue weighted by Crippen LogP contribution is -2.54. The van der Waals surface area contributed by atoms with E-state index in [1.54, 1.807) is 0 Å². The van der Waals surface area contributed by atoms with Gasteiger partial charge in [-0.1, -0.05) is 108 Å². The fraction of sp³-hybridized carbons (Fsp3) is 0.116. The van der Waals surface area contributed by atoms with Crippen molar-refractivity contribution in [2.24, 2.45) is 0 Å². The van der Waals surface area contributed by atoms with Crippen LogP contribution in [-0.4, -0.2) is 6.71 Å². The van der Waals surface area contributed by atoms with Gasteiger partial charge in [-0.2, -0.15) is 0 Å². The summed E-state index contributed by atoms with van der Waals surface area (Å²) in [5.74, 6) is 0.366. The third kappa shape index (κ3) is 3.40. The van der Waals surface area contributed by atoms with Crippen molar-refractivity contribution in [3.8, 4) is 22.3 Å². The van der Waals surface area contributed by atoms with E-state index in [2.05, 4.69) is 147 Å². The lowest BCUT2D eigenvalue weighted by Gasteiger charge is -2.38. The number of hydrogen-bond acceptors (Lipinski definition) is 1. The Bertz CT molecular complexity index is 2270. The molecule has 0 saturated carbocycles. The predicted octanol–water partition coefficient (Wildman–Crippen LogP) is 8.65. The van der Waals surface area contributed by atoms with E-state index in [1.165, 1.54) is 100 Å². The van der Waals surface area contributed by atoms with Gasteiger partial charge in [0.05, 0.1) is 0 Å². The van der Waals surface area contributed by atoms with Crippen LogP contribution in [0.25, 0.3) is 28.3 Å². The highest BCUT2D eigenvalue weighted by atomic mass is 15.2. The third-order valence-electron chi connectivity index (χ3n) is 10.8. The molecule has 2 heteroatoms. The van der Waals surface area contributed by atoms with Crippen LogP contribution in [0, 0.1) is 20.8 Å². The van der Waals surface area contributed by atoms with E-state index in [0.717, 1.165) is 6.42 Å². The molecule has 0 amide bonds. The summed E-state index contributed by atoms with van der Waals surface area (Å²) in [5, 5.41) is 0. The van der Waals surface area contributed by atoms with Gasteiger partial charge in [0.25, 0.3) is 0 Å². The Morgan fingerprint density at radius 3 is 2.44 bits per heavy atom. The van der Waals surface area contributed by atoms with E-state index in [9.17, 15) is 0 Å². The number of fused-ring (bicyclic) bond motifs is 5. The summed E-state index contributed by atoms with van der Waals surface area (Å²) < 4.78 is 0. The van der Waals surface area contributed by atoms with Crippen LogP contribution in [0.15, 0.2) is 126 Å². The molecule has 0 N–H and O–H groups in total. The zero-order valence-electron chi connectivity index (χ0n) is 25.9. The van der Waals surface area contributed by atoms with Gasteiger partial charge in [-0.15, -0.1) is 0 Å². The topological polar surface area (TPSA) is 3.24 Å². The number of aryl methyl sites for hydroxylation is 3. The highest BCUT2D eigenvalue weighted by Gasteiger charge is 2.43. The first-order chi connectivity index (χ1) is 22.0. The fourth-order valence-electron chi connectivity index (χ4n) is 9.20. The predicted molar refractivity (Wildman–Crippen MR) is 192 cm³/mol. The molecule has 0 bridgehead atoms. The van der Waals surface area contributed by atoms with Crippen LogP contribution >= 0.6 is 0 Å². The average molecular weight is 574 g/mol. The van der Waals surface area contributed by atoms with Crippen molar-refractivity contribution < 1.29 is 0 Å². The second-order valence-electron chi connectivity index (χ2n) is 13.4. The zero-order valence-corrected chi connectivity index (χ0v) is 25.9. The van der Waals surface area contributed by atoms with E-state index in [4.69, 9.17) is 0 Å². The van der Waals surface area contributed by atoms with Crippen LogP contribution in [0.4, 0.5) is 17.1 Å². The molecule has 5 aromatic rings. The van der Waals surface area contributed by atoms with E-state index in [1.807, 2.05) is 0 Å². The zero-order chi connectivity index (χ0) is 30.0. The summed E-state index contributed by atoms with van der Waals surface area (Å²) in [7, 11) is 0. The van der Waals surface area contributed by atoms with Gasteiger partial charge in [-0.05, 0) is 124 Å². The van der Waals surface area contributed by atoms with Gasteiger partial charge >= 0.3 is 0 Å². The first-order valence-electron chi connectivity index (χ1n) is 16.2. The maximum absolute atomic E-state index is 2.56. The molecule has 10 rings (SSSR count). The summed E-state index contributed by atoms with van der Waals surface area (Å²) in [6.07, 6.45) is 14.9. The molecule has 2 heterocycles. The highest BCUT2D eigenvalue weighted by molar-refractivity contribution is 7.01. The summed E-state index contributed by atoms with van der Waals surface area (Å²) >= 11 is 0. The monoisotopic (exact) mass is 573 g/mol. The van der Waals surface area contributed by atoms with Crippen molar-refractivity contribution in [1.29, 1.82) is 0 Å². The minimum atomic E-state index is 0.216. The Balaban J connectivity index is 1.23. The molecule has 0 spiro atoms. The third-order valence-corrected chi connectivity index (χ3v) is 10.8. The first kappa shape index (κ1) is 25.3. The standard InChI is InChI=1S/C43H32BN/c1-25-20-26(2)40(27(3)21-25)32-18-19-38-37(24-32)44-36-12-5-4-10-34(36)35-11-7-13-39(43(35)44)45(38)33-22-30-16-14-28-8-6-9-29-15-17-31(23-33)42(30)41(28)29/h4-16,18-24,41H,17H2,1-3H3. The largest absolute Gasteiger partial charge is 0.311 e. The fourth-order valence-corrected chi connectivity index (χ4v) is 9.20. The summed E-state index contributed by atoms with van der Waals surface area (Å²) in [4.78, 5) is 2.56. The van der Waals surface area contributed by atoms with Crippen LogP contribution in [0.2, 0.25) is 0 Å². The SMILES string of the molecule is Cc1cc(C)c(-c2ccc3c(c2)B2c4ccccc4-c4cccc(c42)N3c2cc3c4c(c2)CC=C2C=CC=C(C=C3)C24)c(C)c1. The molecular weight excluding hydrogens is 541 g/mol. The average Bonchev–Trinajstić information content (AvgIpc) is 3.39. The molecule has 0 aromatic heterocycles. The first-order valence-corrected chi connectivity index (χ1v) is 16.2. The van der Waals surface area contributed by atoms with Gasteiger partial charge in [0.15, 0.2) is 0 Å². The molecule has 0 radical (unpaired) electrons. The molecule has 1 nitrogen and oxygen atoms in total. The molecule has 1 atom stereocenters. The maximum Gasteiger partial charge on any atom is 0.248 e. The lowest BCUT2D eigenvalue weighted by molar-refractivity contribution is 0.892. The molecule has 0 fully saturated rings. The number of allylic oxidation sites excluding steroid dienone is 7. The Hall–Kier alpha value is -5.08. The minimum Gasteiger partial charge on any atom is -0.311 e. The summed E-state index contributed by atoms with van der Waals surface area (Å²) in [5.41, 5.74) is 24.6. The molecule has 0 saturated heterocycles. The normalized spacial score (nSPS) is 17.4. The van der Waals surface area contributed by atoms with Gasteiger partial charge in [0, 0.05) is 23.0 Å². The van der Waals surface area contributed by atoms with E-state index in [0.29, 0.717) is 5.92 Å². The van der Waals surface area contributed by atoms with E-state index < -0.39 is 0 Å². The van der Waals surface area contributed by atoms with Crippen molar-refractivity contribution in [1.82, 2.24) is 0 Å². The molecule has 3 aliphatic carbocycles. The summed E-state index contributed by atoms with van der Waals surface area (Å²) in [6.45, 7) is 6.93. The molecule has 5 aliphatic rings. The highest BCUT2D eigenvalue weighted by Crippen LogP contribution is 2.49. The maximum atomic E-state index is 2.56. The number of rotatable bonds is 2. The van der Waals surface area contributed by atoms with Crippen molar-refractivity contribution in [3.63, 3.8) is 0 Å². The van der Waals surface area contributed by atoms with Crippen molar-refractivity contribution in [3.05, 3.63) is 160 Å². The van der Waals surface area contributed by atoms with Gasteiger partial charge in [0.2, 0.25) is 6.71 Å². The second-order valence-corrected chi connectivity index (χ2v) is 13.4. The van der Waals surface area contributed by atoms with Crippen LogP contribution in [0.5, 0.6) is 0 Å². The molecule has 212 valence electrons. The molecule has 5 aromatic carbocycles. The second kappa shape index (κ2) is 8.99. The Morgan fingerprint density at radius 2 is 1.56 bits per heavy atom. The minimum absolute atomic E-state index is 0.216. The van der Waals surface area contributed by atoms with Gasteiger partial charge in [-0.3, -0.25) is 0 Å². The number of benzene rings is 5. The van der Waals surface area contributed by atoms with Gasteiger partial charge in [-0.25, -0.2) is 0 Å². The Kier molecular flexibility index (Phi) is 5.05. The number of nitrogens with zero attached hydrogens (tertiary/aromatic N) is 1. The van der Waals surface area contributed by atoms with Crippen LogP contribution in [0.1, 0.15) is 39.3 Å². The van der Waals surface area contributed by atoms with Crippen molar-refractivity contribution >= 4 is 46.2 Å². The quantitative estimate of drug-likeness (QED) is 0.187. The van der Waals surface area contributed by atoms with E-state index >= 15 is 0 Å². The van der Waals surface area contributed by atoms with Crippen LogP contribution in [0.3, 0.4) is 0 Å². The van der Waals surface area contributed by atoms with Crippen molar-refractivity contribution in [2.45, 2.75) is 33.1 Å². The van der Waals surface area contributed by atoms with Crippen LogP contribution < -0.4 is 21.3 Å². The smallest absolute Gasteiger partial charge is 0.248 e. The Labute approximate surface area is 265 Å².